The lowest BCUT2D eigenvalue weighted by Crippen LogP contribution is -2.41. The predicted octanol–water partition coefficient (Wildman–Crippen LogP) is 5.44. The number of carboxylic acid groups (broad SMARTS) is 1. The first-order valence-electron chi connectivity index (χ1n) is 13.1. The van der Waals surface area contributed by atoms with Crippen molar-refractivity contribution in [1.82, 2.24) is 14.9 Å². The molecular weight excluding hydrogens is 486 g/mol. The molecule has 2 aromatic heterocycles. The van der Waals surface area contributed by atoms with Crippen LogP contribution in [0.15, 0.2) is 59.9 Å². The Bertz CT molecular complexity index is 1150. The molecule has 7 nitrogen and oxygen atoms in total. The number of likely N-dealkylation sites (tertiary alicyclic amines) is 1. The quantitative estimate of drug-likeness (QED) is 0.226. The molecule has 0 radical (unpaired) electrons. The van der Waals surface area contributed by atoms with E-state index in [4.69, 9.17) is 4.74 Å². The molecule has 1 aromatic carbocycles. The highest BCUT2D eigenvalue weighted by atomic mass is 32.2. The first-order chi connectivity index (χ1) is 18.0. The summed E-state index contributed by atoms with van der Waals surface area (Å²) in [4.78, 5) is 22.6. The third kappa shape index (κ3) is 7.90. The normalized spacial score (nSPS) is 19.1. The number of aliphatic hydroxyl groups is 1. The Kier molecular flexibility index (Phi) is 10.2. The zero-order valence-corrected chi connectivity index (χ0v) is 22.3. The average Bonchev–Trinajstić information content (AvgIpc) is 2.93. The first kappa shape index (κ1) is 27.4. The number of benzene rings is 1. The van der Waals surface area contributed by atoms with Crippen LogP contribution in [0.2, 0.25) is 0 Å². The molecule has 2 N–H and O–H groups in total. The van der Waals surface area contributed by atoms with E-state index in [1.807, 2.05) is 48.7 Å². The van der Waals surface area contributed by atoms with Crippen molar-refractivity contribution in [2.75, 3.05) is 32.5 Å². The fraction of sp³-hybridized carbons (Fsp3) is 0.483. The number of aromatic nitrogens is 2. The van der Waals surface area contributed by atoms with Crippen LogP contribution in [-0.2, 0) is 4.79 Å². The van der Waals surface area contributed by atoms with Gasteiger partial charge in [0, 0.05) is 36.5 Å². The van der Waals surface area contributed by atoms with Crippen molar-refractivity contribution < 1.29 is 19.7 Å². The summed E-state index contributed by atoms with van der Waals surface area (Å²) in [7, 11) is 1.64. The summed E-state index contributed by atoms with van der Waals surface area (Å²) < 4.78 is 5.37. The zero-order chi connectivity index (χ0) is 26.0. The molecule has 3 atom stereocenters. The van der Waals surface area contributed by atoms with Crippen LogP contribution in [-0.4, -0.2) is 63.5 Å². The SMILES string of the molecule is COc1ccc2nccc([C@@H](O)CCC3CCN(CCCSc4ccccn4)CC3CCC(=O)O)c2c1. The van der Waals surface area contributed by atoms with E-state index in [9.17, 15) is 15.0 Å². The smallest absolute Gasteiger partial charge is 0.303 e. The van der Waals surface area contributed by atoms with E-state index in [-0.39, 0.29) is 6.42 Å². The van der Waals surface area contributed by atoms with E-state index in [0.29, 0.717) is 24.7 Å². The van der Waals surface area contributed by atoms with Gasteiger partial charge in [-0.2, -0.15) is 0 Å². The highest BCUT2D eigenvalue weighted by molar-refractivity contribution is 7.99. The van der Waals surface area contributed by atoms with Crippen LogP contribution >= 0.6 is 11.8 Å². The third-order valence-corrected chi connectivity index (χ3v) is 8.39. The molecule has 0 spiro atoms. The molecule has 1 aliphatic rings. The number of rotatable bonds is 13. The molecule has 3 aromatic rings. The van der Waals surface area contributed by atoms with E-state index < -0.39 is 12.1 Å². The highest BCUT2D eigenvalue weighted by Crippen LogP contribution is 2.35. The summed E-state index contributed by atoms with van der Waals surface area (Å²) in [5, 5.41) is 22.4. The number of hydrogen-bond donors (Lipinski definition) is 2. The number of thioether (sulfide) groups is 1. The molecule has 37 heavy (non-hydrogen) atoms. The van der Waals surface area contributed by atoms with E-state index in [2.05, 4.69) is 14.9 Å². The molecule has 4 rings (SSSR count). The van der Waals surface area contributed by atoms with Crippen molar-refractivity contribution in [3.8, 4) is 5.75 Å². The maximum Gasteiger partial charge on any atom is 0.303 e. The van der Waals surface area contributed by atoms with Crippen LogP contribution in [0.4, 0.5) is 0 Å². The summed E-state index contributed by atoms with van der Waals surface area (Å²) in [6, 6.07) is 13.6. The van der Waals surface area contributed by atoms with Crippen molar-refractivity contribution >= 4 is 28.6 Å². The Hall–Kier alpha value is -2.68. The Balaban J connectivity index is 1.32. The highest BCUT2D eigenvalue weighted by Gasteiger charge is 2.30. The standard InChI is InChI=1S/C29H37N3O4S/c1-36-23-8-9-26-25(19-23)24(12-15-30-26)27(33)10-6-21-13-17-32(20-22(21)7-11-29(34)35)16-4-18-37-28-5-2-3-14-31-28/h2-3,5,8-9,12,14-15,19,21-22,27,33H,4,6-7,10-11,13,16-18,20H2,1H3,(H,34,35)/t21?,22?,27-/m0/s1. The monoisotopic (exact) mass is 523 g/mol. The second-order valence-electron chi connectivity index (χ2n) is 9.79. The van der Waals surface area contributed by atoms with Gasteiger partial charge in [-0.25, -0.2) is 4.98 Å². The minimum atomic E-state index is -0.736. The summed E-state index contributed by atoms with van der Waals surface area (Å²) in [6.07, 6.45) is 7.49. The number of aliphatic carboxylic acids is 1. The predicted molar refractivity (Wildman–Crippen MR) is 147 cm³/mol. The van der Waals surface area contributed by atoms with Gasteiger partial charge in [0.25, 0.3) is 0 Å². The number of fused-ring (bicyclic) bond motifs is 1. The number of carbonyl (C=O) groups is 1. The summed E-state index contributed by atoms with van der Waals surface area (Å²) in [5.74, 6) is 1.77. The molecule has 0 saturated carbocycles. The number of carboxylic acids is 1. The van der Waals surface area contributed by atoms with E-state index in [1.54, 1.807) is 25.1 Å². The van der Waals surface area contributed by atoms with Crippen molar-refractivity contribution in [1.29, 1.82) is 0 Å². The zero-order valence-electron chi connectivity index (χ0n) is 21.5. The van der Waals surface area contributed by atoms with Gasteiger partial charge in [-0.05, 0) is 99.0 Å². The second-order valence-corrected chi connectivity index (χ2v) is 10.9. The van der Waals surface area contributed by atoms with Gasteiger partial charge in [0.2, 0.25) is 0 Å². The fourth-order valence-electron chi connectivity index (χ4n) is 5.36. The Morgan fingerprint density at radius 2 is 2.05 bits per heavy atom. The number of hydrogen-bond acceptors (Lipinski definition) is 7. The topological polar surface area (TPSA) is 95.8 Å². The lowest BCUT2D eigenvalue weighted by atomic mass is 9.79. The number of aliphatic hydroxyl groups excluding tert-OH is 1. The molecule has 1 fully saturated rings. The fourth-order valence-corrected chi connectivity index (χ4v) is 6.16. The van der Waals surface area contributed by atoms with Crippen molar-refractivity contribution in [2.24, 2.45) is 11.8 Å². The molecule has 0 bridgehead atoms. The van der Waals surface area contributed by atoms with Crippen molar-refractivity contribution in [3.63, 3.8) is 0 Å². The van der Waals surface area contributed by atoms with E-state index >= 15 is 0 Å². The number of ether oxygens (including phenoxy) is 1. The molecule has 2 unspecified atom stereocenters. The van der Waals surface area contributed by atoms with Crippen LogP contribution in [0.5, 0.6) is 5.75 Å². The lowest BCUT2D eigenvalue weighted by Gasteiger charge is -2.39. The Morgan fingerprint density at radius 1 is 1.16 bits per heavy atom. The molecule has 0 aliphatic carbocycles. The van der Waals surface area contributed by atoms with Crippen molar-refractivity contribution in [3.05, 3.63) is 60.4 Å². The van der Waals surface area contributed by atoms with Crippen LogP contribution < -0.4 is 4.74 Å². The molecule has 1 aliphatic heterocycles. The van der Waals surface area contributed by atoms with Gasteiger partial charge < -0.3 is 19.8 Å². The molecule has 3 heterocycles. The van der Waals surface area contributed by atoms with Crippen LogP contribution in [0.25, 0.3) is 10.9 Å². The van der Waals surface area contributed by atoms with Gasteiger partial charge in [-0.15, -0.1) is 11.8 Å². The summed E-state index contributed by atoms with van der Waals surface area (Å²) in [6.45, 7) is 2.97. The minimum absolute atomic E-state index is 0.196. The average molecular weight is 524 g/mol. The van der Waals surface area contributed by atoms with Crippen molar-refractivity contribution in [2.45, 2.75) is 49.7 Å². The maximum absolute atomic E-state index is 11.3. The summed E-state index contributed by atoms with van der Waals surface area (Å²) in [5.41, 5.74) is 1.71. The van der Waals surface area contributed by atoms with Crippen LogP contribution in [0.3, 0.4) is 0 Å². The molecule has 1 saturated heterocycles. The summed E-state index contributed by atoms with van der Waals surface area (Å²) >= 11 is 1.78. The van der Waals surface area contributed by atoms with Gasteiger partial charge in [-0.1, -0.05) is 6.07 Å². The second kappa shape index (κ2) is 13.7. The Labute approximate surface area is 223 Å². The molecule has 198 valence electrons. The van der Waals surface area contributed by atoms with Crippen LogP contribution in [0, 0.1) is 11.8 Å². The third-order valence-electron chi connectivity index (χ3n) is 7.36. The van der Waals surface area contributed by atoms with E-state index in [0.717, 1.165) is 71.9 Å². The Morgan fingerprint density at radius 3 is 2.84 bits per heavy atom. The van der Waals surface area contributed by atoms with Crippen LogP contribution in [0.1, 0.15) is 50.2 Å². The maximum atomic E-state index is 11.3. The van der Waals surface area contributed by atoms with Gasteiger partial charge in [0.05, 0.1) is 23.8 Å². The van der Waals surface area contributed by atoms with Gasteiger partial charge in [0.15, 0.2) is 0 Å². The minimum Gasteiger partial charge on any atom is -0.497 e. The van der Waals surface area contributed by atoms with E-state index in [1.165, 1.54) is 0 Å². The number of methoxy groups -OCH3 is 1. The van der Waals surface area contributed by atoms with Gasteiger partial charge >= 0.3 is 5.97 Å². The number of nitrogens with zero attached hydrogens (tertiary/aromatic N) is 3. The molecular formula is C29H37N3O4S. The first-order valence-corrected chi connectivity index (χ1v) is 14.1. The number of pyridine rings is 2. The number of piperidine rings is 1. The van der Waals surface area contributed by atoms with Gasteiger partial charge in [-0.3, -0.25) is 9.78 Å². The largest absolute Gasteiger partial charge is 0.497 e. The molecule has 0 amide bonds. The molecule has 8 heteroatoms. The lowest BCUT2D eigenvalue weighted by molar-refractivity contribution is -0.137. The van der Waals surface area contributed by atoms with Gasteiger partial charge in [0.1, 0.15) is 5.75 Å².